The summed E-state index contributed by atoms with van der Waals surface area (Å²) in [5, 5.41) is 39.5. The molecular formula is C18H20N2O6S. The van der Waals surface area contributed by atoms with Crippen molar-refractivity contribution >= 4 is 17.9 Å². The van der Waals surface area contributed by atoms with Crippen LogP contribution in [-0.4, -0.2) is 60.7 Å². The van der Waals surface area contributed by atoms with Gasteiger partial charge in [-0.1, -0.05) is 36.4 Å². The molecule has 0 amide bonds. The summed E-state index contributed by atoms with van der Waals surface area (Å²) in [7, 11) is 0. The minimum absolute atomic E-state index is 0.0443. The molecule has 2 aromatic carbocycles. The smallest absolute Gasteiger partial charge is 0.343 e. The number of aliphatic hydroxyl groups is 2. The fourth-order valence-corrected chi connectivity index (χ4v) is 3.69. The van der Waals surface area contributed by atoms with Crippen LogP contribution in [0.2, 0.25) is 0 Å². The first kappa shape index (κ1) is 19.5. The normalized spacial score (nSPS) is 20.7. The summed E-state index contributed by atoms with van der Waals surface area (Å²) in [6.07, 6.45) is -1.02. The molecule has 27 heavy (non-hydrogen) atoms. The van der Waals surface area contributed by atoms with E-state index in [9.17, 15) is 25.2 Å². The van der Waals surface area contributed by atoms with Gasteiger partial charge < -0.3 is 25.2 Å². The van der Waals surface area contributed by atoms with Gasteiger partial charge in [-0.3, -0.25) is 0 Å². The number of carboxylic acids is 1. The molecule has 0 saturated carbocycles. The lowest BCUT2D eigenvalue weighted by Crippen LogP contribution is -2.41. The fraction of sp³-hybridized carbons (Fsp3) is 0.278. The van der Waals surface area contributed by atoms with E-state index in [4.69, 9.17) is 4.74 Å². The van der Waals surface area contributed by atoms with Crippen molar-refractivity contribution in [3.8, 4) is 11.5 Å². The molecule has 2 aromatic rings. The number of rotatable bonds is 7. The average molecular weight is 392 g/mol. The number of nitrogens with zero attached hydrogens (tertiary/aromatic N) is 2. The zero-order valence-corrected chi connectivity index (χ0v) is 15.1. The topological polar surface area (TPSA) is 114 Å². The summed E-state index contributed by atoms with van der Waals surface area (Å²) in [5.41, 5.74) is -0.256. The van der Waals surface area contributed by atoms with Crippen molar-refractivity contribution in [1.29, 1.82) is 0 Å². The maximum atomic E-state index is 11.2. The molecule has 0 aromatic heterocycles. The molecule has 0 spiro atoms. The van der Waals surface area contributed by atoms with Crippen LogP contribution in [0.5, 0.6) is 11.5 Å². The molecule has 0 bridgehead atoms. The third-order valence-electron chi connectivity index (χ3n) is 4.06. The van der Waals surface area contributed by atoms with Gasteiger partial charge in [0.1, 0.15) is 23.7 Å². The van der Waals surface area contributed by atoms with E-state index in [1.54, 1.807) is 4.31 Å². The minimum Gasteiger partial charge on any atom is -0.507 e. The third kappa shape index (κ3) is 4.52. The van der Waals surface area contributed by atoms with Crippen molar-refractivity contribution < 1.29 is 30.0 Å². The number of hydrogen-bond donors (Lipinski definition) is 4. The van der Waals surface area contributed by atoms with Crippen LogP contribution in [0.15, 0.2) is 48.5 Å². The lowest BCUT2D eigenvalue weighted by atomic mass is 10.2. The van der Waals surface area contributed by atoms with Gasteiger partial charge in [-0.25, -0.2) is 14.0 Å². The van der Waals surface area contributed by atoms with Crippen LogP contribution < -0.4 is 4.74 Å². The van der Waals surface area contributed by atoms with Crippen LogP contribution in [-0.2, 0) is 6.54 Å². The first-order chi connectivity index (χ1) is 13.0. The molecule has 1 aliphatic heterocycles. The number of phenols is 1. The van der Waals surface area contributed by atoms with Crippen molar-refractivity contribution in [2.24, 2.45) is 0 Å². The predicted molar refractivity (Wildman–Crippen MR) is 98.9 cm³/mol. The summed E-state index contributed by atoms with van der Waals surface area (Å²) in [4.78, 5) is 12.8. The lowest BCUT2D eigenvalue weighted by molar-refractivity contribution is -0.0975. The van der Waals surface area contributed by atoms with Crippen molar-refractivity contribution in [3.05, 3.63) is 59.7 Å². The molecule has 3 rings (SSSR count). The zero-order valence-electron chi connectivity index (χ0n) is 14.3. The molecular weight excluding hydrogens is 372 g/mol. The van der Waals surface area contributed by atoms with Gasteiger partial charge in [-0.2, -0.15) is 0 Å². The van der Waals surface area contributed by atoms with Crippen LogP contribution in [0.4, 0.5) is 0 Å². The summed E-state index contributed by atoms with van der Waals surface area (Å²) in [6, 6.07) is 13.7. The predicted octanol–water partition coefficient (Wildman–Crippen LogP) is 1.49. The molecule has 144 valence electrons. The Morgan fingerprint density at radius 3 is 2.56 bits per heavy atom. The molecule has 1 saturated heterocycles. The number of aromatic carboxylic acids is 1. The molecule has 4 N–H and O–H groups in total. The van der Waals surface area contributed by atoms with Gasteiger partial charge in [0.2, 0.25) is 0 Å². The number of aromatic hydroxyl groups is 1. The van der Waals surface area contributed by atoms with Gasteiger partial charge in [-0.15, -0.1) is 0 Å². The van der Waals surface area contributed by atoms with Crippen LogP contribution in [0.1, 0.15) is 15.9 Å². The number of aliphatic hydroxyl groups excluding tert-OH is 2. The quantitative estimate of drug-likeness (QED) is 0.520. The Balaban J connectivity index is 1.58. The maximum absolute atomic E-state index is 11.2. The monoisotopic (exact) mass is 392 g/mol. The molecule has 8 nitrogen and oxygen atoms in total. The summed E-state index contributed by atoms with van der Waals surface area (Å²) >= 11 is 1.07. The second-order valence-corrected chi connectivity index (χ2v) is 6.98. The highest BCUT2D eigenvalue weighted by Crippen LogP contribution is 2.33. The van der Waals surface area contributed by atoms with E-state index < -0.39 is 17.9 Å². The Bertz CT molecular complexity index is 791. The highest BCUT2D eigenvalue weighted by atomic mass is 32.2. The SMILES string of the molecule is O=C(O)c1c(O)cccc1OCCN1SC(O)N(Cc2ccccc2)C1O. The van der Waals surface area contributed by atoms with Crippen molar-refractivity contribution in [2.75, 3.05) is 13.2 Å². The standard InChI is InChI=1S/C18H20N2O6S/c21-13-7-4-8-14(15(13)16(22)23)26-10-9-20-17(24)19(18(25)27-20)11-12-5-2-1-3-6-12/h1-8,17-18,21,24-25H,9-11H2,(H,22,23). The van der Waals surface area contributed by atoms with Crippen LogP contribution >= 0.6 is 11.9 Å². The van der Waals surface area contributed by atoms with Gasteiger partial charge in [0.15, 0.2) is 11.9 Å². The first-order valence-corrected chi connectivity index (χ1v) is 9.08. The minimum atomic E-state index is -1.29. The number of carboxylic acid groups (broad SMARTS) is 1. The Morgan fingerprint density at radius 2 is 1.85 bits per heavy atom. The van der Waals surface area contributed by atoms with Gasteiger partial charge in [0.05, 0.1) is 0 Å². The second-order valence-electron chi connectivity index (χ2n) is 5.88. The van der Waals surface area contributed by atoms with E-state index in [1.807, 2.05) is 30.3 Å². The molecule has 1 aliphatic rings. The number of carbonyl (C=O) groups is 1. The van der Waals surface area contributed by atoms with Crippen LogP contribution in [0, 0.1) is 0 Å². The van der Waals surface area contributed by atoms with Crippen molar-refractivity contribution in [1.82, 2.24) is 9.21 Å². The van der Waals surface area contributed by atoms with E-state index in [2.05, 4.69) is 0 Å². The molecule has 1 fully saturated rings. The number of hydrogen-bond acceptors (Lipinski definition) is 8. The average Bonchev–Trinajstić information content (AvgIpc) is 2.90. The van der Waals surface area contributed by atoms with E-state index in [1.165, 1.54) is 23.1 Å². The highest BCUT2D eigenvalue weighted by molar-refractivity contribution is 7.97. The maximum Gasteiger partial charge on any atom is 0.343 e. The largest absolute Gasteiger partial charge is 0.507 e. The molecule has 2 atom stereocenters. The summed E-state index contributed by atoms with van der Waals surface area (Å²) in [6.45, 7) is 0.686. The van der Waals surface area contributed by atoms with E-state index in [0.717, 1.165) is 17.5 Å². The van der Waals surface area contributed by atoms with Crippen LogP contribution in [0.25, 0.3) is 0 Å². The van der Waals surface area contributed by atoms with Gasteiger partial charge in [-0.05, 0) is 29.6 Å². The molecule has 0 aliphatic carbocycles. The number of ether oxygens (including phenoxy) is 1. The zero-order chi connectivity index (χ0) is 19.4. The summed E-state index contributed by atoms with van der Waals surface area (Å²) < 4.78 is 7.02. The highest BCUT2D eigenvalue weighted by Gasteiger charge is 2.38. The van der Waals surface area contributed by atoms with E-state index in [0.29, 0.717) is 6.54 Å². The molecule has 9 heteroatoms. The van der Waals surface area contributed by atoms with E-state index in [-0.39, 0.29) is 30.2 Å². The summed E-state index contributed by atoms with van der Waals surface area (Å²) in [5.74, 6) is -1.62. The third-order valence-corrected chi connectivity index (χ3v) is 5.16. The second kappa shape index (κ2) is 8.59. The fourth-order valence-electron chi connectivity index (χ4n) is 2.74. The Morgan fingerprint density at radius 1 is 1.11 bits per heavy atom. The van der Waals surface area contributed by atoms with Crippen molar-refractivity contribution in [3.63, 3.8) is 0 Å². The Kier molecular flexibility index (Phi) is 6.19. The van der Waals surface area contributed by atoms with Gasteiger partial charge >= 0.3 is 5.97 Å². The molecule has 1 heterocycles. The Hall–Kier alpha value is -2.30. The van der Waals surface area contributed by atoms with Crippen LogP contribution in [0.3, 0.4) is 0 Å². The molecule has 2 unspecified atom stereocenters. The van der Waals surface area contributed by atoms with Gasteiger partial charge in [0.25, 0.3) is 0 Å². The van der Waals surface area contributed by atoms with E-state index >= 15 is 0 Å². The van der Waals surface area contributed by atoms with Gasteiger partial charge in [0, 0.05) is 13.1 Å². The Labute approximate surface area is 160 Å². The molecule has 0 radical (unpaired) electrons. The number of benzene rings is 2. The van der Waals surface area contributed by atoms with Crippen molar-refractivity contribution in [2.45, 2.75) is 18.5 Å². The first-order valence-electron chi connectivity index (χ1n) is 8.24. The lowest BCUT2D eigenvalue weighted by Gasteiger charge is -2.24.